The van der Waals surface area contributed by atoms with Crippen LogP contribution < -0.4 is 10.2 Å². The van der Waals surface area contributed by atoms with Crippen LogP contribution >= 0.6 is 0 Å². The number of likely N-dealkylation sites (tertiary alicyclic amines) is 1. The Kier molecular flexibility index (Phi) is 6.09. The normalized spacial score (nSPS) is 21.9. The first-order valence-electron chi connectivity index (χ1n) is 11.1. The van der Waals surface area contributed by atoms with Crippen LogP contribution in [0.2, 0.25) is 0 Å². The monoisotopic (exact) mass is 409 g/mol. The van der Waals surface area contributed by atoms with Gasteiger partial charge in [0.15, 0.2) is 0 Å². The Morgan fingerprint density at radius 1 is 1.10 bits per heavy atom. The first-order valence-corrected chi connectivity index (χ1v) is 11.1. The second-order valence-corrected chi connectivity index (χ2v) is 9.00. The minimum absolute atomic E-state index is 0.274. The first kappa shape index (κ1) is 20.9. The van der Waals surface area contributed by atoms with E-state index in [1.165, 1.54) is 50.2 Å². The molecule has 2 atom stereocenters. The highest BCUT2D eigenvalue weighted by atomic mass is 19.1. The Labute approximate surface area is 179 Å². The number of halogens is 1. The zero-order valence-electron chi connectivity index (χ0n) is 18.2. The number of amides is 1. The predicted octanol–water partition coefficient (Wildman–Crippen LogP) is 5.01. The van der Waals surface area contributed by atoms with Crippen LogP contribution in [0.3, 0.4) is 0 Å². The molecule has 2 aliphatic heterocycles. The number of hydrogen-bond acceptors (Lipinski definition) is 3. The van der Waals surface area contributed by atoms with Crippen molar-refractivity contribution in [3.05, 3.63) is 58.9 Å². The van der Waals surface area contributed by atoms with Crippen molar-refractivity contribution >= 4 is 17.3 Å². The molecule has 0 radical (unpaired) electrons. The Bertz CT molecular complexity index is 929. The number of aryl methyl sites for hydroxylation is 2. The SMILES string of the molecule is Cc1cc(N2CCC(CN3CCC[C@@H]3C)C2)ccc1NC(=O)c1cc(F)ccc1C. The third-order valence-corrected chi connectivity index (χ3v) is 6.74. The van der Waals surface area contributed by atoms with Crippen molar-refractivity contribution in [2.45, 2.75) is 46.1 Å². The molecule has 4 rings (SSSR count). The molecular weight excluding hydrogens is 377 g/mol. The highest BCUT2D eigenvalue weighted by Gasteiger charge is 2.28. The fraction of sp³-hybridized carbons (Fsp3) is 0.480. The number of carbonyl (C=O) groups is 1. The van der Waals surface area contributed by atoms with Crippen LogP contribution in [-0.4, -0.2) is 43.0 Å². The number of rotatable bonds is 5. The molecule has 2 fully saturated rings. The van der Waals surface area contributed by atoms with Crippen molar-refractivity contribution < 1.29 is 9.18 Å². The van der Waals surface area contributed by atoms with Crippen molar-refractivity contribution in [2.75, 3.05) is 36.4 Å². The standard InChI is InChI=1S/C25H32FN3O/c1-17-6-7-21(26)14-23(17)25(30)27-24-9-8-22(13-18(24)2)29-12-10-20(16-29)15-28-11-4-5-19(28)3/h6-9,13-14,19-20H,4-5,10-12,15-16H2,1-3H3,(H,27,30)/t19-,20?/m0/s1. The van der Waals surface area contributed by atoms with Crippen LogP contribution in [0, 0.1) is 25.6 Å². The van der Waals surface area contributed by atoms with Crippen LogP contribution in [0.25, 0.3) is 0 Å². The fourth-order valence-electron chi connectivity index (χ4n) is 4.83. The van der Waals surface area contributed by atoms with E-state index in [9.17, 15) is 9.18 Å². The average Bonchev–Trinajstić information content (AvgIpc) is 3.35. The van der Waals surface area contributed by atoms with Crippen LogP contribution in [0.4, 0.5) is 15.8 Å². The molecule has 2 saturated heterocycles. The second-order valence-electron chi connectivity index (χ2n) is 9.00. The van der Waals surface area contributed by atoms with E-state index in [4.69, 9.17) is 0 Å². The summed E-state index contributed by atoms with van der Waals surface area (Å²) in [5, 5.41) is 2.94. The molecule has 1 unspecified atom stereocenters. The number of hydrogen-bond donors (Lipinski definition) is 1. The van der Waals surface area contributed by atoms with E-state index in [2.05, 4.69) is 34.2 Å². The van der Waals surface area contributed by atoms with Crippen molar-refractivity contribution in [2.24, 2.45) is 5.92 Å². The topological polar surface area (TPSA) is 35.6 Å². The Hall–Kier alpha value is -2.40. The van der Waals surface area contributed by atoms with Gasteiger partial charge in [-0.25, -0.2) is 4.39 Å². The summed E-state index contributed by atoms with van der Waals surface area (Å²) in [6, 6.07) is 11.2. The first-order chi connectivity index (χ1) is 14.4. The van der Waals surface area contributed by atoms with Gasteiger partial charge < -0.3 is 15.1 Å². The van der Waals surface area contributed by atoms with Gasteiger partial charge in [0.05, 0.1) is 0 Å². The lowest BCUT2D eigenvalue weighted by molar-refractivity contribution is 0.102. The smallest absolute Gasteiger partial charge is 0.256 e. The summed E-state index contributed by atoms with van der Waals surface area (Å²) in [7, 11) is 0. The lowest BCUT2D eigenvalue weighted by atomic mass is 10.1. The number of anilines is 2. The molecule has 0 aliphatic carbocycles. The lowest BCUT2D eigenvalue weighted by Crippen LogP contribution is -2.33. The van der Waals surface area contributed by atoms with Gasteiger partial charge in [-0.3, -0.25) is 4.79 Å². The molecule has 30 heavy (non-hydrogen) atoms. The highest BCUT2D eigenvalue weighted by molar-refractivity contribution is 6.05. The predicted molar refractivity (Wildman–Crippen MR) is 121 cm³/mol. The summed E-state index contributed by atoms with van der Waals surface area (Å²) in [5.41, 5.74) is 4.14. The molecule has 1 N–H and O–H groups in total. The molecule has 2 aliphatic rings. The van der Waals surface area contributed by atoms with E-state index in [-0.39, 0.29) is 5.91 Å². The summed E-state index contributed by atoms with van der Waals surface area (Å²) in [5.74, 6) is 0.0507. The van der Waals surface area contributed by atoms with Gasteiger partial charge in [0.2, 0.25) is 0 Å². The third kappa shape index (κ3) is 4.51. The summed E-state index contributed by atoms with van der Waals surface area (Å²) in [6.45, 7) is 10.8. The van der Waals surface area contributed by atoms with Gasteiger partial charge in [-0.15, -0.1) is 0 Å². The van der Waals surface area contributed by atoms with Crippen LogP contribution in [-0.2, 0) is 0 Å². The van der Waals surface area contributed by atoms with Crippen molar-refractivity contribution in [3.8, 4) is 0 Å². The molecule has 0 saturated carbocycles. The minimum Gasteiger partial charge on any atom is -0.371 e. The van der Waals surface area contributed by atoms with Crippen LogP contribution in [0.1, 0.15) is 47.7 Å². The van der Waals surface area contributed by atoms with Gasteiger partial charge in [-0.2, -0.15) is 0 Å². The van der Waals surface area contributed by atoms with E-state index in [1.807, 2.05) is 19.9 Å². The van der Waals surface area contributed by atoms with Gasteiger partial charge in [0.1, 0.15) is 5.82 Å². The number of nitrogens with one attached hydrogen (secondary N) is 1. The molecule has 0 spiro atoms. The van der Waals surface area contributed by atoms with E-state index >= 15 is 0 Å². The lowest BCUT2D eigenvalue weighted by Gasteiger charge is -2.25. The molecule has 2 heterocycles. The molecule has 2 aromatic rings. The molecule has 4 nitrogen and oxygen atoms in total. The van der Waals surface area contributed by atoms with Crippen molar-refractivity contribution in [3.63, 3.8) is 0 Å². The number of nitrogens with zero attached hydrogens (tertiary/aromatic N) is 2. The van der Waals surface area contributed by atoms with Crippen LogP contribution in [0.5, 0.6) is 0 Å². The third-order valence-electron chi connectivity index (χ3n) is 6.74. The Morgan fingerprint density at radius 3 is 2.67 bits per heavy atom. The van der Waals surface area contributed by atoms with Gasteiger partial charge in [-0.1, -0.05) is 6.07 Å². The van der Waals surface area contributed by atoms with Crippen LogP contribution in [0.15, 0.2) is 36.4 Å². The number of carbonyl (C=O) groups excluding carboxylic acids is 1. The summed E-state index contributed by atoms with van der Waals surface area (Å²) in [6.07, 6.45) is 3.90. The Balaban J connectivity index is 1.40. The Morgan fingerprint density at radius 2 is 1.93 bits per heavy atom. The zero-order chi connectivity index (χ0) is 21.3. The minimum atomic E-state index is -0.398. The van der Waals surface area contributed by atoms with E-state index < -0.39 is 5.82 Å². The molecular formula is C25H32FN3O. The molecule has 0 bridgehead atoms. The van der Waals surface area contributed by atoms with Crippen molar-refractivity contribution in [1.82, 2.24) is 4.90 Å². The second kappa shape index (κ2) is 8.76. The zero-order valence-corrected chi connectivity index (χ0v) is 18.2. The van der Waals surface area contributed by atoms with Gasteiger partial charge in [0, 0.05) is 42.6 Å². The van der Waals surface area contributed by atoms with E-state index in [0.29, 0.717) is 5.56 Å². The maximum absolute atomic E-state index is 13.5. The molecule has 5 heteroatoms. The number of benzene rings is 2. The summed E-state index contributed by atoms with van der Waals surface area (Å²) >= 11 is 0. The maximum Gasteiger partial charge on any atom is 0.256 e. The fourth-order valence-corrected chi connectivity index (χ4v) is 4.83. The van der Waals surface area contributed by atoms with Crippen molar-refractivity contribution in [1.29, 1.82) is 0 Å². The van der Waals surface area contributed by atoms with Gasteiger partial charge in [-0.05, 0) is 94.0 Å². The average molecular weight is 410 g/mol. The molecule has 160 valence electrons. The largest absolute Gasteiger partial charge is 0.371 e. The molecule has 0 aromatic heterocycles. The van der Waals surface area contributed by atoms with Gasteiger partial charge >= 0.3 is 0 Å². The van der Waals surface area contributed by atoms with E-state index in [1.54, 1.807) is 6.07 Å². The van der Waals surface area contributed by atoms with Gasteiger partial charge in [0.25, 0.3) is 5.91 Å². The summed E-state index contributed by atoms with van der Waals surface area (Å²) in [4.78, 5) is 17.7. The summed E-state index contributed by atoms with van der Waals surface area (Å²) < 4.78 is 13.5. The molecule has 2 aromatic carbocycles. The quantitative estimate of drug-likeness (QED) is 0.754. The van der Waals surface area contributed by atoms with E-state index in [0.717, 1.165) is 41.9 Å². The molecule has 1 amide bonds. The highest BCUT2D eigenvalue weighted by Crippen LogP contribution is 2.29. The maximum atomic E-state index is 13.5.